The molecule has 1 unspecified atom stereocenters. The average molecular weight is 284 g/mol. The fourth-order valence-electron chi connectivity index (χ4n) is 2.18. The molecule has 1 fully saturated rings. The van der Waals surface area contributed by atoms with Crippen molar-refractivity contribution in [3.05, 3.63) is 11.6 Å². The second kappa shape index (κ2) is 8.26. The standard InChI is InChI=1S/C11H18N4O2.CH2O2/c1-2-9-12-10(14-13-9)7-15-5-3-4-8(6-15)11(16)17;2-1-3/h8H,2-7H2,1H3,(H,16,17)(H,12,13,14);1H,(H,2,3). The van der Waals surface area contributed by atoms with Crippen LogP contribution in [0.5, 0.6) is 0 Å². The van der Waals surface area contributed by atoms with Gasteiger partial charge in [0, 0.05) is 13.0 Å². The van der Waals surface area contributed by atoms with E-state index in [9.17, 15) is 4.79 Å². The van der Waals surface area contributed by atoms with Crippen LogP contribution in [0.15, 0.2) is 0 Å². The van der Waals surface area contributed by atoms with Gasteiger partial charge in [-0.2, -0.15) is 5.10 Å². The molecule has 1 aliphatic rings. The maximum absolute atomic E-state index is 10.9. The first-order chi connectivity index (χ1) is 9.60. The van der Waals surface area contributed by atoms with Crippen molar-refractivity contribution in [1.29, 1.82) is 0 Å². The lowest BCUT2D eigenvalue weighted by atomic mass is 9.98. The summed E-state index contributed by atoms with van der Waals surface area (Å²) < 4.78 is 0. The number of carboxylic acid groups (broad SMARTS) is 2. The lowest BCUT2D eigenvalue weighted by molar-refractivity contribution is -0.143. The van der Waals surface area contributed by atoms with Crippen molar-refractivity contribution in [3.63, 3.8) is 0 Å². The Morgan fingerprint density at radius 3 is 2.85 bits per heavy atom. The zero-order valence-corrected chi connectivity index (χ0v) is 11.4. The third-order valence-corrected chi connectivity index (χ3v) is 3.12. The Morgan fingerprint density at radius 2 is 2.30 bits per heavy atom. The summed E-state index contributed by atoms with van der Waals surface area (Å²) in [6.45, 7) is 3.97. The molecule has 0 bridgehead atoms. The number of hydrogen-bond donors (Lipinski definition) is 3. The van der Waals surface area contributed by atoms with Gasteiger partial charge in [0.1, 0.15) is 11.6 Å². The Morgan fingerprint density at radius 1 is 1.60 bits per heavy atom. The van der Waals surface area contributed by atoms with E-state index >= 15 is 0 Å². The van der Waals surface area contributed by atoms with Gasteiger partial charge in [-0.25, -0.2) is 4.98 Å². The first-order valence-corrected chi connectivity index (χ1v) is 6.53. The molecule has 1 atom stereocenters. The van der Waals surface area contributed by atoms with Crippen LogP contribution in [0.2, 0.25) is 0 Å². The lowest BCUT2D eigenvalue weighted by Crippen LogP contribution is -2.38. The van der Waals surface area contributed by atoms with Crippen LogP contribution in [-0.4, -0.2) is 55.8 Å². The molecule has 1 aromatic heterocycles. The number of aliphatic carboxylic acids is 1. The summed E-state index contributed by atoms with van der Waals surface area (Å²) in [4.78, 5) is 25.8. The van der Waals surface area contributed by atoms with Crippen LogP contribution < -0.4 is 0 Å². The Bertz CT molecular complexity index is 435. The molecule has 1 aliphatic heterocycles. The molecule has 3 N–H and O–H groups in total. The Labute approximate surface area is 116 Å². The van der Waals surface area contributed by atoms with Gasteiger partial charge >= 0.3 is 5.97 Å². The molecule has 0 radical (unpaired) electrons. The van der Waals surface area contributed by atoms with Crippen LogP contribution in [0.25, 0.3) is 0 Å². The van der Waals surface area contributed by atoms with Gasteiger partial charge in [-0.3, -0.25) is 19.6 Å². The molecule has 2 heterocycles. The molecule has 8 heteroatoms. The number of aromatic amines is 1. The van der Waals surface area contributed by atoms with E-state index in [1.54, 1.807) is 0 Å². The molecular formula is C12H20N4O4. The van der Waals surface area contributed by atoms with Gasteiger partial charge in [0.25, 0.3) is 6.47 Å². The fourth-order valence-corrected chi connectivity index (χ4v) is 2.18. The smallest absolute Gasteiger partial charge is 0.307 e. The van der Waals surface area contributed by atoms with Crippen LogP contribution in [0.4, 0.5) is 0 Å². The number of aryl methyl sites for hydroxylation is 1. The summed E-state index contributed by atoms with van der Waals surface area (Å²) in [5, 5.41) is 22.9. The number of piperidine rings is 1. The first kappa shape index (κ1) is 16.1. The molecule has 8 nitrogen and oxygen atoms in total. The Hall–Kier alpha value is -1.96. The van der Waals surface area contributed by atoms with Crippen molar-refractivity contribution in [3.8, 4) is 0 Å². The normalized spacial score (nSPS) is 18.9. The van der Waals surface area contributed by atoms with Crippen molar-refractivity contribution in [2.24, 2.45) is 5.92 Å². The maximum Gasteiger partial charge on any atom is 0.307 e. The van der Waals surface area contributed by atoms with Crippen molar-refractivity contribution < 1.29 is 19.8 Å². The number of likely N-dealkylation sites (tertiary alicyclic amines) is 1. The van der Waals surface area contributed by atoms with Gasteiger partial charge in [-0.05, 0) is 19.4 Å². The Kier molecular flexibility index (Phi) is 6.65. The van der Waals surface area contributed by atoms with E-state index in [1.165, 1.54) is 0 Å². The molecule has 1 saturated heterocycles. The van der Waals surface area contributed by atoms with Crippen molar-refractivity contribution in [2.45, 2.75) is 32.7 Å². The first-order valence-electron chi connectivity index (χ1n) is 6.53. The molecule has 0 aliphatic carbocycles. The van der Waals surface area contributed by atoms with E-state index in [1.807, 2.05) is 6.92 Å². The van der Waals surface area contributed by atoms with E-state index in [-0.39, 0.29) is 12.4 Å². The highest BCUT2D eigenvalue weighted by atomic mass is 16.4. The van der Waals surface area contributed by atoms with E-state index in [0.717, 1.165) is 37.5 Å². The molecule has 1 aromatic rings. The summed E-state index contributed by atoms with van der Waals surface area (Å²) in [6.07, 6.45) is 2.53. The number of carbonyl (C=O) groups is 2. The van der Waals surface area contributed by atoms with Crippen molar-refractivity contribution >= 4 is 12.4 Å². The fraction of sp³-hybridized carbons (Fsp3) is 0.667. The minimum absolute atomic E-state index is 0.239. The highest BCUT2D eigenvalue weighted by molar-refractivity contribution is 5.70. The monoisotopic (exact) mass is 284 g/mol. The van der Waals surface area contributed by atoms with Crippen LogP contribution in [-0.2, 0) is 22.6 Å². The zero-order chi connectivity index (χ0) is 15.0. The number of aromatic nitrogens is 3. The number of nitrogens with zero attached hydrogens (tertiary/aromatic N) is 3. The van der Waals surface area contributed by atoms with E-state index in [0.29, 0.717) is 13.1 Å². The van der Waals surface area contributed by atoms with Crippen molar-refractivity contribution in [2.75, 3.05) is 13.1 Å². The zero-order valence-electron chi connectivity index (χ0n) is 11.4. The SMILES string of the molecule is CCc1n[nH]c(CN2CCCC(C(=O)O)C2)n1.O=CO. The summed E-state index contributed by atoms with van der Waals surface area (Å²) in [5.41, 5.74) is 0. The molecule has 0 saturated carbocycles. The third kappa shape index (κ3) is 4.96. The quantitative estimate of drug-likeness (QED) is 0.683. The van der Waals surface area contributed by atoms with Gasteiger partial charge < -0.3 is 10.2 Å². The van der Waals surface area contributed by atoms with E-state index < -0.39 is 5.97 Å². The minimum atomic E-state index is -0.693. The molecule has 0 amide bonds. The molecule has 112 valence electrons. The maximum atomic E-state index is 10.9. The summed E-state index contributed by atoms with van der Waals surface area (Å²) >= 11 is 0. The van der Waals surface area contributed by atoms with Gasteiger partial charge in [0.15, 0.2) is 0 Å². The third-order valence-electron chi connectivity index (χ3n) is 3.12. The number of rotatable bonds is 4. The molecular weight excluding hydrogens is 264 g/mol. The van der Waals surface area contributed by atoms with Gasteiger partial charge in [0.05, 0.1) is 12.5 Å². The highest BCUT2D eigenvalue weighted by Crippen LogP contribution is 2.17. The molecule has 0 aromatic carbocycles. The Balaban J connectivity index is 0.000000612. The van der Waals surface area contributed by atoms with Crippen LogP contribution in [0.3, 0.4) is 0 Å². The highest BCUT2D eigenvalue weighted by Gasteiger charge is 2.25. The lowest BCUT2D eigenvalue weighted by Gasteiger charge is -2.29. The second-order valence-corrected chi connectivity index (χ2v) is 4.57. The van der Waals surface area contributed by atoms with Crippen LogP contribution >= 0.6 is 0 Å². The second-order valence-electron chi connectivity index (χ2n) is 4.57. The number of nitrogens with one attached hydrogen (secondary N) is 1. The largest absolute Gasteiger partial charge is 0.483 e. The minimum Gasteiger partial charge on any atom is -0.483 e. The summed E-state index contributed by atoms with van der Waals surface area (Å²) in [5.74, 6) is 0.707. The van der Waals surface area contributed by atoms with Crippen LogP contribution in [0, 0.1) is 5.92 Å². The van der Waals surface area contributed by atoms with Gasteiger partial charge in [-0.1, -0.05) is 6.92 Å². The summed E-state index contributed by atoms with van der Waals surface area (Å²) in [7, 11) is 0. The predicted molar refractivity (Wildman–Crippen MR) is 70.1 cm³/mol. The van der Waals surface area contributed by atoms with Gasteiger partial charge in [-0.15, -0.1) is 0 Å². The number of H-pyrrole nitrogens is 1. The van der Waals surface area contributed by atoms with E-state index in [4.69, 9.17) is 15.0 Å². The molecule has 20 heavy (non-hydrogen) atoms. The van der Waals surface area contributed by atoms with E-state index in [2.05, 4.69) is 20.1 Å². The van der Waals surface area contributed by atoms with Crippen LogP contribution in [0.1, 0.15) is 31.4 Å². The van der Waals surface area contributed by atoms with Gasteiger partial charge in [0.2, 0.25) is 0 Å². The molecule has 0 spiro atoms. The van der Waals surface area contributed by atoms with Crippen molar-refractivity contribution in [1.82, 2.24) is 20.1 Å². The molecule has 2 rings (SSSR count). The average Bonchev–Trinajstić information content (AvgIpc) is 2.87. The predicted octanol–water partition coefficient (Wildman–Crippen LogP) is 0.365. The number of hydrogen-bond acceptors (Lipinski definition) is 5. The summed E-state index contributed by atoms with van der Waals surface area (Å²) in [6, 6.07) is 0. The topological polar surface area (TPSA) is 119 Å². The number of carboxylic acids is 1.